The predicted octanol–water partition coefficient (Wildman–Crippen LogP) is 3.50. The molecule has 2 heterocycles. The smallest absolute Gasteiger partial charge is 0.227 e. The number of nitrogens with zero attached hydrogens (tertiary/aromatic N) is 1. The number of carbonyl (C=O) groups is 2. The number of hydrogen-bond donors (Lipinski definition) is 2. The highest BCUT2D eigenvalue weighted by Crippen LogP contribution is 2.27. The molecular weight excluding hydrogens is 350 g/mol. The summed E-state index contributed by atoms with van der Waals surface area (Å²) in [7, 11) is 0. The molecule has 5 heteroatoms. The Morgan fingerprint density at radius 2 is 2.04 bits per heavy atom. The Kier molecular flexibility index (Phi) is 4.90. The molecule has 1 atom stereocenters. The SMILES string of the molecule is Cc1ccc2[nH]cc(CCNC(=O)[C@@H]3CC(=O)N(c4ccccc4C)C3)c2c1. The lowest BCUT2D eigenvalue weighted by Gasteiger charge is -2.19. The Morgan fingerprint density at radius 1 is 1.21 bits per heavy atom. The monoisotopic (exact) mass is 375 g/mol. The molecule has 2 amide bonds. The molecule has 1 aromatic heterocycles. The molecule has 144 valence electrons. The van der Waals surface area contributed by atoms with Crippen molar-refractivity contribution in [2.45, 2.75) is 26.7 Å². The van der Waals surface area contributed by atoms with E-state index in [0.717, 1.165) is 23.2 Å². The third-order valence-corrected chi connectivity index (χ3v) is 5.52. The molecule has 0 radical (unpaired) electrons. The Hall–Kier alpha value is -3.08. The van der Waals surface area contributed by atoms with Crippen LogP contribution >= 0.6 is 0 Å². The lowest BCUT2D eigenvalue weighted by molar-refractivity contribution is -0.126. The zero-order valence-electron chi connectivity index (χ0n) is 16.3. The Morgan fingerprint density at radius 3 is 2.86 bits per heavy atom. The van der Waals surface area contributed by atoms with Gasteiger partial charge in [0.1, 0.15) is 0 Å². The molecule has 0 bridgehead atoms. The molecule has 0 spiro atoms. The van der Waals surface area contributed by atoms with Gasteiger partial charge in [-0.05, 0) is 49.6 Å². The fourth-order valence-electron chi connectivity index (χ4n) is 3.95. The first-order valence-corrected chi connectivity index (χ1v) is 9.73. The number of fused-ring (bicyclic) bond motifs is 1. The van der Waals surface area contributed by atoms with Crippen LogP contribution in [0.2, 0.25) is 0 Å². The van der Waals surface area contributed by atoms with Gasteiger partial charge in [0.15, 0.2) is 0 Å². The first-order valence-electron chi connectivity index (χ1n) is 9.73. The van der Waals surface area contributed by atoms with E-state index < -0.39 is 0 Å². The fourth-order valence-corrected chi connectivity index (χ4v) is 3.95. The van der Waals surface area contributed by atoms with Crippen molar-refractivity contribution in [3.05, 3.63) is 65.4 Å². The van der Waals surface area contributed by atoms with Gasteiger partial charge in [-0.3, -0.25) is 9.59 Å². The molecule has 1 aliphatic heterocycles. The maximum Gasteiger partial charge on any atom is 0.227 e. The first-order chi connectivity index (χ1) is 13.5. The van der Waals surface area contributed by atoms with Crippen LogP contribution in [0.1, 0.15) is 23.1 Å². The summed E-state index contributed by atoms with van der Waals surface area (Å²) in [5.74, 6) is -0.320. The van der Waals surface area contributed by atoms with Crippen LogP contribution in [-0.4, -0.2) is 29.9 Å². The number of rotatable bonds is 5. The maximum absolute atomic E-state index is 12.6. The van der Waals surface area contributed by atoms with E-state index >= 15 is 0 Å². The number of aromatic nitrogens is 1. The number of para-hydroxylation sites is 1. The fraction of sp³-hybridized carbons (Fsp3) is 0.304. The Bertz CT molecular complexity index is 1040. The van der Waals surface area contributed by atoms with Crippen LogP contribution in [-0.2, 0) is 16.0 Å². The average molecular weight is 375 g/mol. The van der Waals surface area contributed by atoms with E-state index in [0.29, 0.717) is 13.1 Å². The van der Waals surface area contributed by atoms with Crippen molar-refractivity contribution in [2.75, 3.05) is 18.0 Å². The number of anilines is 1. The number of aromatic amines is 1. The van der Waals surface area contributed by atoms with Crippen molar-refractivity contribution in [1.82, 2.24) is 10.3 Å². The van der Waals surface area contributed by atoms with Crippen molar-refractivity contribution in [1.29, 1.82) is 0 Å². The quantitative estimate of drug-likeness (QED) is 0.717. The van der Waals surface area contributed by atoms with Gasteiger partial charge < -0.3 is 15.2 Å². The highest BCUT2D eigenvalue weighted by atomic mass is 16.2. The second kappa shape index (κ2) is 7.50. The number of benzene rings is 2. The topological polar surface area (TPSA) is 65.2 Å². The minimum Gasteiger partial charge on any atom is -0.361 e. The highest BCUT2D eigenvalue weighted by molar-refractivity contribution is 6.00. The minimum atomic E-state index is -0.294. The number of H-pyrrole nitrogens is 1. The number of amides is 2. The van der Waals surface area contributed by atoms with Crippen molar-refractivity contribution >= 4 is 28.4 Å². The van der Waals surface area contributed by atoms with Crippen LogP contribution in [0.25, 0.3) is 10.9 Å². The van der Waals surface area contributed by atoms with Gasteiger partial charge in [-0.15, -0.1) is 0 Å². The molecule has 2 N–H and O–H groups in total. The van der Waals surface area contributed by atoms with Crippen LogP contribution in [0.5, 0.6) is 0 Å². The molecular formula is C23H25N3O2. The summed E-state index contributed by atoms with van der Waals surface area (Å²) >= 11 is 0. The number of carbonyl (C=O) groups excluding carboxylic acids is 2. The summed E-state index contributed by atoms with van der Waals surface area (Å²) in [5.41, 5.74) is 5.48. The van der Waals surface area contributed by atoms with E-state index in [-0.39, 0.29) is 24.2 Å². The van der Waals surface area contributed by atoms with Crippen LogP contribution in [0.4, 0.5) is 5.69 Å². The summed E-state index contributed by atoms with van der Waals surface area (Å²) in [6.45, 7) is 5.07. The Labute approximate surface area is 164 Å². The molecule has 28 heavy (non-hydrogen) atoms. The van der Waals surface area contributed by atoms with Gasteiger partial charge in [-0.1, -0.05) is 29.8 Å². The van der Waals surface area contributed by atoms with Crippen molar-refractivity contribution in [3.8, 4) is 0 Å². The number of nitrogens with one attached hydrogen (secondary N) is 2. The van der Waals surface area contributed by atoms with Gasteiger partial charge in [0.05, 0.1) is 5.92 Å². The molecule has 2 aromatic carbocycles. The molecule has 0 saturated carbocycles. The third-order valence-electron chi connectivity index (χ3n) is 5.52. The van der Waals surface area contributed by atoms with E-state index in [4.69, 9.17) is 0 Å². The zero-order chi connectivity index (χ0) is 19.7. The largest absolute Gasteiger partial charge is 0.361 e. The third kappa shape index (κ3) is 3.52. The predicted molar refractivity (Wildman–Crippen MR) is 111 cm³/mol. The van der Waals surface area contributed by atoms with Crippen LogP contribution in [0, 0.1) is 19.8 Å². The summed E-state index contributed by atoms with van der Waals surface area (Å²) in [5, 5.41) is 4.22. The van der Waals surface area contributed by atoms with Gasteiger partial charge in [0.25, 0.3) is 0 Å². The molecule has 3 aromatic rings. The molecule has 1 saturated heterocycles. The Balaban J connectivity index is 1.36. The van der Waals surface area contributed by atoms with Crippen LogP contribution < -0.4 is 10.2 Å². The summed E-state index contributed by atoms with van der Waals surface area (Å²) in [4.78, 5) is 30.0. The summed E-state index contributed by atoms with van der Waals surface area (Å²) in [6.07, 6.45) is 3.04. The highest BCUT2D eigenvalue weighted by Gasteiger charge is 2.35. The van der Waals surface area contributed by atoms with Crippen LogP contribution in [0.3, 0.4) is 0 Å². The number of aryl methyl sites for hydroxylation is 2. The average Bonchev–Trinajstić information content (AvgIpc) is 3.26. The second-order valence-corrected chi connectivity index (χ2v) is 7.60. The van der Waals surface area contributed by atoms with Crippen LogP contribution in [0.15, 0.2) is 48.7 Å². The van der Waals surface area contributed by atoms with Gasteiger partial charge in [-0.2, -0.15) is 0 Å². The van der Waals surface area contributed by atoms with Gasteiger partial charge in [0, 0.05) is 42.3 Å². The van der Waals surface area contributed by atoms with Gasteiger partial charge >= 0.3 is 0 Å². The van der Waals surface area contributed by atoms with Crippen molar-refractivity contribution in [3.63, 3.8) is 0 Å². The zero-order valence-corrected chi connectivity index (χ0v) is 16.3. The molecule has 0 aliphatic carbocycles. The maximum atomic E-state index is 12.6. The summed E-state index contributed by atoms with van der Waals surface area (Å²) in [6, 6.07) is 14.1. The van der Waals surface area contributed by atoms with E-state index in [1.165, 1.54) is 16.5 Å². The minimum absolute atomic E-state index is 0.0153. The van der Waals surface area contributed by atoms with Crippen molar-refractivity contribution < 1.29 is 9.59 Å². The van der Waals surface area contributed by atoms with E-state index in [1.807, 2.05) is 37.4 Å². The summed E-state index contributed by atoms with van der Waals surface area (Å²) < 4.78 is 0. The lowest BCUT2D eigenvalue weighted by Crippen LogP contribution is -2.34. The molecule has 4 rings (SSSR count). The van der Waals surface area contributed by atoms with E-state index in [1.54, 1.807) is 4.90 Å². The molecule has 1 aliphatic rings. The second-order valence-electron chi connectivity index (χ2n) is 7.60. The van der Waals surface area contributed by atoms with Gasteiger partial charge in [-0.25, -0.2) is 0 Å². The van der Waals surface area contributed by atoms with E-state index in [9.17, 15) is 9.59 Å². The standard InChI is InChI=1S/C23H25N3O2/c1-15-7-8-20-19(11-15)17(13-25-20)9-10-24-23(28)18-12-22(27)26(14-18)21-6-4-3-5-16(21)2/h3-8,11,13,18,25H,9-10,12,14H2,1-2H3,(H,24,28)/t18-/m1/s1. The lowest BCUT2D eigenvalue weighted by atomic mass is 10.1. The normalized spacial score (nSPS) is 16.7. The van der Waals surface area contributed by atoms with Crippen molar-refractivity contribution in [2.24, 2.45) is 5.92 Å². The van der Waals surface area contributed by atoms with E-state index in [2.05, 4.69) is 35.4 Å². The molecule has 1 fully saturated rings. The molecule has 0 unspecified atom stereocenters. The molecule has 5 nitrogen and oxygen atoms in total. The van der Waals surface area contributed by atoms with Gasteiger partial charge in [0.2, 0.25) is 11.8 Å². The number of hydrogen-bond acceptors (Lipinski definition) is 2. The first kappa shape index (κ1) is 18.3.